The zero-order chi connectivity index (χ0) is 22.7. The minimum absolute atomic E-state index is 0.0572. The van der Waals surface area contributed by atoms with E-state index in [9.17, 15) is 18.0 Å². The highest BCUT2D eigenvalue weighted by Crippen LogP contribution is 2.27. The largest absolute Gasteiger partial charge is 0.352 e. The van der Waals surface area contributed by atoms with Gasteiger partial charge in [0.05, 0.1) is 4.90 Å². The minimum Gasteiger partial charge on any atom is -0.352 e. The lowest BCUT2D eigenvalue weighted by Gasteiger charge is -2.29. The van der Waals surface area contributed by atoms with Gasteiger partial charge in [-0.1, -0.05) is 37.3 Å². The van der Waals surface area contributed by atoms with Crippen LogP contribution in [-0.2, 0) is 26.0 Å². The van der Waals surface area contributed by atoms with Gasteiger partial charge in [-0.25, -0.2) is 8.42 Å². The van der Waals surface area contributed by atoms with Gasteiger partial charge in [-0.2, -0.15) is 4.72 Å². The third-order valence-corrected chi connectivity index (χ3v) is 7.73. The first-order valence-corrected chi connectivity index (χ1v) is 12.6. The molecule has 0 spiro atoms. The van der Waals surface area contributed by atoms with Gasteiger partial charge < -0.3 is 10.6 Å². The average molecular weight is 456 g/mol. The maximum atomic E-state index is 13.2. The molecule has 1 heterocycles. The minimum atomic E-state index is -3.97. The Morgan fingerprint density at radius 3 is 2.47 bits per heavy atom. The number of anilines is 1. The van der Waals surface area contributed by atoms with Gasteiger partial charge in [-0.3, -0.25) is 9.59 Å². The quantitative estimate of drug-likeness (QED) is 0.622. The van der Waals surface area contributed by atoms with E-state index in [-0.39, 0.29) is 22.8 Å². The van der Waals surface area contributed by atoms with Gasteiger partial charge in [0.15, 0.2) is 0 Å². The number of hydrogen-bond donors (Lipinski definition) is 3. The molecular formula is C24H29N3O4S. The second-order valence-corrected chi connectivity index (χ2v) is 10.5. The Labute approximate surface area is 189 Å². The van der Waals surface area contributed by atoms with E-state index in [1.165, 1.54) is 6.07 Å². The number of amides is 2. The average Bonchev–Trinajstić information content (AvgIpc) is 2.79. The highest BCUT2D eigenvalue weighted by molar-refractivity contribution is 7.89. The summed E-state index contributed by atoms with van der Waals surface area (Å²) in [5.41, 5.74) is 1.98. The van der Waals surface area contributed by atoms with Gasteiger partial charge in [0.2, 0.25) is 21.8 Å². The first kappa shape index (κ1) is 22.5. The second-order valence-electron chi connectivity index (χ2n) is 8.80. The topological polar surface area (TPSA) is 104 Å². The number of rotatable bonds is 6. The van der Waals surface area contributed by atoms with Crippen LogP contribution in [0, 0.1) is 5.92 Å². The molecule has 32 heavy (non-hydrogen) atoms. The molecule has 0 radical (unpaired) electrons. The van der Waals surface area contributed by atoms with E-state index in [0.717, 1.165) is 31.2 Å². The van der Waals surface area contributed by atoms with Crippen LogP contribution in [0.5, 0.6) is 0 Å². The van der Waals surface area contributed by atoms with Crippen molar-refractivity contribution in [2.45, 2.75) is 62.4 Å². The summed E-state index contributed by atoms with van der Waals surface area (Å²) in [4.78, 5) is 24.8. The lowest BCUT2D eigenvalue weighted by atomic mass is 9.87. The summed E-state index contributed by atoms with van der Waals surface area (Å²) in [5.74, 6) is 0.231. The van der Waals surface area contributed by atoms with Crippen LogP contribution < -0.4 is 15.4 Å². The van der Waals surface area contributed by atoms with Crippen LogP contribution >= 0.6 is 0 Å². The van der Waals surface area contributed by atoms with E-state index in [0.29, 0.717) is 30.0 Å². The Kier molecular flexibility index (Phi) is 6.62. The van der Waals surface area contributed by atoms with Crippen LogP contribution in [0.1, 0.15) is 56.2 Å². The predicted octanol–water partition coefficient (Wildman–Crippen LogP) is 3.29. The molecule has 170 valence electrons. The molecule has 1 aliphatic carbocycles. The molecule has 0 saturated heterocycles. The van der Waals surface area contributed by atoms with Gasteiger partial charge in [0.25, 0.3) is 0 Å². The Bertz CT molecular complexity index is 1090. The van der Waals surface area contributed by atoms with E-state index >= 15 is 0 Å². The molecule has 0 bridgehead atoms. The number of aryl methyl sites for hydroxylation is 1. The number of carbonyl (C=O) groups excluding carboxylic acids is 2. The molecule has 1 unspecified atom stereocenters. The summed E-state index contributed by atoms with van der Waals surface area (Å²) < 4.78 is 29.1. The van der Waals surface area contributed by atoms with Gasteiger partial charge in [0.1, 0.15) is 6.04 Å². The second kappa shape index (κ2) is 9.42. The standard InChI is InChI=1S/C24H29N3O4S/c1-16-7-10-19(11-8-16)25-24(29)23(17-5-3-2-4-6-17)27-32(30,31)20-12-13-21-18(15-20)9-14-22(28)26-21/h2-6,12-13,15-16,19,23,27H,7-11,14H2,1H3,(H,25,29)(H,26,28). The third-order valence-electron chi connectivity index (χ3n) is 6.31. The van der Waals surface area contributed by atoms with Crippen molar-refractivity contribution in [3.8, 4) is 0 Å². The molecule has 4 rings (SSSR count). The number of nitrogens with one attached hydrogen (secondary N) is 3. The smallest absolute Gasteiger partial charge is 0.242 e. The normalized spacial score (nSPS) is 21.8. The van der Waals surface area contributed by atoms with Crippen molar-refractivity contribution in [1.82, 2.24) is 10.0 Å². The maximum Gasteiger partial charge on any atom is 0.242 e. The van der Waals surface area contributed by atoms with Crippen molar-refractivity contribution in [2.24, 2.45) is 5.92 Å². The molecule has 2 aliphatic rings. The van der Waals surface area contributed by atoms with Crippen molar-refractivity contribution in [3.05, 3.63) is 59.7 Å². The Hall–Kier alpha value is -2.71. The van der Waals surface area contributed by atoms with Crippen LogP contribution in [0.4, 0.5) is 5.69 Å². The molecular weight excluding hydrogens is 426 g/mol. The Morgan fingerprint density at radius 1 is 1.03 bits per heavy atom. The summed E-state index contributed by atoms with van der Waals surface area (Å²) in [6.07, 6.45) is 4.71. The molecule has 2 amide bonds. The fraction of sp³-hybridized carbons (Fsp3) is 0.417. The van der Waals surface area contributed by atoms with Crippen LogP contribution in [0.3, 0.4) is 0 Å². The summed E-state index contributed by atoms with van der Waals surface area (Å²) in [6.45, 7) is 2.21. The molecule has 0 aromatic heterocycles. The SMILES string of the molecule is CC1CCC(NC(=O)C(NS(=O)(=O)c2ccc3c(c2)CCC(=O)N3)c2ccccc2)CC1. The third kappa shape index (κ3) is 5.19. The number of sulfonamides is 1. The van der Waals surface area contributed by atoms with E-state index in [4.69, 9.17) is 0 Å². The van der Waals surface area contributed by atoms with Crippen LogP contribution in [0.2, 0.25) is 0 Å². The van der Waals surface area contributed by atoms with Crippen LogP contribution in [0.25, 0.3) is 0 Å². The van der Waals surface area contributed by atoms with E-state index in [2.05, 4.69) is 22.3 Å². The number of benzene rings is 2. The Morgan fingerprint density at radius 2 is 1.75 bits per heavy atom. The highest BCUT2D eigenvalue weighted by Gasteiger charge is 2.30. The van der Waals surface area contributed by atoms with Crippen molar-refractivity contribution in [2.75, 3.05) is 5.32 Å². The number of hydrogen-bond acceptors (Lipinski definition) is 4. The molecule has 1 aliphatic heterocycles. The van der Waals surface area contributed by atoms with Gasteiger partial charge in [-0.15, -0.1) is 0 Å². The number of carbonyl (C=O) groups is 2. The predicted molar refractivity (Wildman–Crippen MR) is 122 cm³/mol. The van der Waals surface area contributed by atoms with Crippen molar-refractivity contribution < 1.29 is 18.0 Å². The van der Waals surface area contributed by atoms with Gasteiger partial charge in [-0.05, 0) is 67.3 Å². The van der Waals surface area contributed by atoms with E-state index in [1.54, 1.807) is 36.4 Å². The van der Waals surface area contributed by atoms with Gasteiger partial charge >= 0.3 is 0 Å². The molecule has 3 N–H and O–H groups in total. The van der Waals surface area contributed by atoms with Crippen molar-refractivity contribution in [1.29, 1.82) is 0 Å². The van der Waals surface area contributed by atoms with Crippen LogP contribution in [-0.4, -0.2) is 26.3 Å². The summed E-state index contributed by atoms with van der Waals surface area (Å²) in [7, 11) is -3.97. The number of fused-ring (bicyclic) bond motifs is 1. The van der Waals surface area contributed by atoms with E-state index < -0.39 is 16.1 Å². The first-order chi connectivity index (χ1) is 15.3. The summed E-state index contributed by atoms with van der Waals surface area (Å²) >= 11 is 0. The lowest BCUT2D eigenvalue weighted by Crippen LogP contribution is -2.45. The maximum absolute atomic E-state index is 13.2. The fourth-order valence-corrected chi connectivity index (χ4v) is 5.59. The molecule has 1 atom stereocenters. The molecule has 2 aromatic rings. The van der Waals surface area contributed by atoms with Crippen molar-refractivity contribution >= 4 is 27.5 Å². The molecule has 1 fully saturated rings. The van der Waals surface area contributed by atoms with Crippen LogP contribution in [0.15, 0.2) is 53.4 Å². The van der Waals surface area contributed by atoms with Gasteiger partial charge in [0, 0.05) is 18.2 Å². The zero-order valence-corrected chi connectivity index (χ0v) is 19.0. The summed E-state index contributed by atoms with van der Waals surface area (Å²) in [5, 5.41) is 5.81. The zero-order valence-electron chi connectivity index (χ0n) is 18.1. The molecule has 1 saturated carbocycles. The Balaban J connectivity index is 1.56. The van der Waals surface area contributed by atoms with E-state index in [1.807, 2.05) is 6.07 Å². The fourth-order valence-electron chi connectivity index (χ4n) is 4.36. The lowest BCUT2D eigenvalue weighted by molar-refractivity contribution is -0.123. The summed E-state index contributed by atoms with van der Waals surface area (Å²) in [6, 6.07) is 12.5. The monoisotopic (exact) mass is 455 g/mol. The first-order valence-electron chi connectivity index (χ1n) is 11.1. The molecule has 8 heteroatoms. The van der Waals surface area contributed by atoms with Crippen molar-refractivity contribution in [3.63, 3.8) is 0 Å². The molecule has 7 nitrogen and oxygen atoms in total. The highest BCUT2D eigenvalue weighted by atomic mass is 32.2. The molecule has 2 aromatic carbocycles.